The lowest BCUT2D eigenvalue weighted by atomic mass is 10.3. The molecule has 0 atom stereocenters. The van der Waals surface area contributed by atoms with Crippen molar-refractivity contribution in [3.8, 4) is 11.6 Å². The van der Waals surface area contributed by atoms with Crippen molar-refractivity contribution in [2.45, 2.75) is 11.3 Å². The zero-order valence-corrected chi connectivity index (χ0v) is 15.5. The molecule has 0 bridgehead atoms. The number of nitrogens with one attached hydrogen (secondary N) is 2. The van der Waals surface area contributed by atoms with Gasteiger partial charge in [-0.15, -0.1) is 23.4 Å². The predicted octanol–water partition coefficient (Wildman–Crippen LogP) is 1.95. The van der Waals surface area contributed by atoms with Crippen molar-refractivity contribution in [1.29, 1.82) is 0 Å². The van der Waals surface area contributed by atoms with E-state index in [0.29, 0.717) is 11.6 Å². The second-order valence-electron chi connectivity index (χ2n) is 5.57. The molecule has 0 aliphatic heterocycles. The van der Waals surface area contributed by atoms with Crippen molar-refractivity contribution >= 4 is 15.8 Å². The largest absolute Gasteiger partial charge is 0.573 e. The van der Waals surface area contributed by atoms with Crippen LogP contribution in [0.3, 0.4) is 0 Å². The molecule has 0 fully saturated rings. The minimum Gasteiger partial charge on any atom is -0.406 e. The van der Waals surface area contributed by atoms with Gasteiger partial charge in [-0.05, 0) is 42.5 Å². The number of sulfonamides is 1. The lowest BCUT2D eigenvalue weighted by Gasteiger charge is -2.10. The number of anilines is 1. The van der Waals surface area contributed by atoms with Gasteiger partial charge in [0.05, 0.1) is 4.90 Å². The summed E-state index contributed by atoms with van der Waals surface area (Å²) in [5.74, 6) is 0.461. The maximum Gasteiger partial charge on any atom is 0.573 e. The molecule has 0 aliphatic carbocycles. The van der Waals surface area contributed by atoms with E-state index in [1.165, 1.54) is 4.68 Å². The summed E-state index contributed by atoms with van der Waals surface area (Å²) in [5, 5.41) is 14.9. The van der Waals surface area contributed by atoms with E-state index in [1.54, 1.807) is 30.6 Å². The van der Waals surface area contributed by atoms with Crippen LogP contribution in [0.15, 0.2) is 59.8 Å². The van der Waals surface area contributed by atoms with Gasteiger partial charge in [0.2, 0.25) is 10.0 Å². The summed E-state index contributed by atoms with van der Waals surface area (Å²) in [6.07, 6.45) is -1.52. The molecular formula is C16H15F3N6O3S. The van der Waals surface area contributed by atoms with E-state index in [4.69, 9.17) is 0 Å². The van der Waals surface area contributed by atoms with Gasteiger partial charge >= 0.3 is 6.36 Å². The van der Waals surface area contributed by atoms with E-state index in [-0.39, 0.29) is 18.0 Å². The Labute approximate surface area is 163 Å². The molecule has 3 aromatic rings. The van der Waals surface area contributed by atoms with Crippen molar-refractivity contribution in [3.63, 3.8) is 0 Å². The number of nitrogens with zero attached hydrogens (tertiary/aromatic N) is 4. The van der Waals surface area contributed by atoms with Crippen molar-refractivity contribution < 1.29 is 26.3 Å². The Bertz CT molecular complexity index is 1020. The van der Waals surface area contributed by atoms with Crippen LogP contribution in [0.25, 0.3) is 5.82 Å². The Balaban J connectivity index is 1.49. The van der Waals surface area contributed by atoms with Crippen molar-refractivity contribution in [2.75, 3.05) is 18.4 Å². The fourth-order valence-corrected chi connectivity index (χ4v) is 3.26. The Morgan fingerprint density at radius 2 is 1.79 bits per heavy atom. The summed E-state index contributed by atoms with van der Waals surface area (Å²) < 4.78 is 68.4. The molecule has 13 heteroatoms. The number of halogens is 3. The zero-order valence-electron chi connectivity index (χ0n) is 14.7. The Kier molecular flexibility index (Phi) is 5.98. The van der Waals surface area contributed by atoms with Gasteiger partial charge in [0.1, 0.15) is 11.6 Å². The number of rotatable bonds is 8. The summed E-state index contributed by atoms with van der Waals surface area (Å²) in [5.41, 5.74) is 0. The highest BCUT2D eigenvalue weighted by molar-refractivity contribution is 7.89. The maximum atomic E-state index is 12.2. The summed E-state index contributed by atoms with van der Waals surface area (Å²) in [4.78, 5) is -0.185. The molecular weight excluding hydrogens is 413 g/mol. The second kappa shape index (κ2) is 8.45. The zero-order chi connectivity index (χ0) is 20.9. The Morgan fingerprint density at radius 1 is 1.03 bits per heavy atom. The summed E-state index contributed by atoms with van der Waals surface area (Å²) >= 11 is 0. The molecule has 2 heterocycles. The molecule has 0 saturated carbocycles. The third-order valence-corrected chi connectivity index (χ3v) is 4.96. The molecule has 3 rings (SSSR count). The predicted molar refractivity (Wildman–Crippen MR) is 96.0 cm³/mol. The number of alkyl halides is 3. The molecule has 0 aliphatic rings. The van der Waals surface area contributed by atoms with Crippen molar-refractivity contribution in [3.05, 3.63) is 54.9 Å². The van der Waals surface area contributed by atoms with Crippen LogP contribution in [-0.4, -0.2) is 47.8 Å². The second-order valence-corrected chi connectivity index (χ2v) is 7.34. The topological polar surface area (TPSA) is 111 Å². The molecule has 0 radical (unpaired) electrons. The Morgan fingerprint density at radius 3 is 2.38 bits per heavy atom. The lowest BCUT2D eigenvalue weighted by Crippen LogP contribution is -2.29. The first-order valence-corrected chi connectivity index (χ1v) is 9.64. The molecule has 0 amide bonds. The van der Waals surface area contributed by atoms with E-state index in [0.717, 1.165) is 24.3 Å². The molecule has 0 unspecified atom stereocenters. The van der Waals surface area contributed by atoms with Gasteiger partial charge in [-0.25, -0.2) is 17.8 Å². The maximum absolute atomic E-state index is 12.2. The normalized spacial score (nSPS) is 12.0. The van der Waals surface area contributed by atoms with E-state index in [1.807, 2.05) is 0 Å². The van der Waals surface area contributed by atoms with Gasteiger partial charge in [0.15, 0.2) is 5.82 Å². The van der Waals surface area contributed by atoms with Gasteiger partial charge in [-0.2, -0.15) is 5.10 Å². The van der Waals surface area contributed by atoms with Crippen LogP contribution in [-0.2, 0) is 10.0 Å². The lowest BCUT2D eigenvalue weighted by molar-refractivity contribution is -0.274. The minimum absolute atomic E-state index is 0.0196. The molecule has 1 aromatic carbocycles. The Hall–Kier alpha value is -3.19. The first-order chi connectivity index (χ1) is 13.7. The number of aromatic nitrogens is 4. The number of ether oxygens (including phenoxy) is 1. The van der Waals surface area contributed by atoms with E-state index in [9.17, 15) is 21.6 Å². The van der Waals surface area contributed by atoms with Gasteiger partial charge in [0, 0.05) is 25.5 Å². The highest BCUT2D eigenvalue weighted by atomic mass is 32.2. The average molecular weight is 428 g/mol. The molecule has 0 spiro atoms. The van der Waals surface area contributed by atoms with Crippen LogP contribution >= 0.6 is 0 Å². The fraction of sp³-hybridized carbons (Fsp3) is 0.188. The molecule has 2 N–H and O–H groups in total. The van der Waals surface area contributed by atoms with Gasteiger partial charge in [-0.1, -0.05) is 0 Å². The SMILES string of the molecule is O=S(=O)(NCCNc1ccc(-n2cccn2)nn1)c1ccc(OC(F)(F)F)cc1. The van der Waals surface area contributed by atoms with Crippen LogP contribution in [0.2, 0.25) is 0 Å². The van der Waals surface area contributed by atoms with Crippen LogP contribution in [0.5, 0.6) is 5.75 Å². The summed E-state index contributed by atoms with van der Waals surface area (Å²) in [6, 6.07) is 9.01. The number of hydrogen-bond acceptors (Lipinski definition) is 7. The number of hydrogen-bond donors (Lipinski definition) is 2. The monoisotopic (exact) mass is 428 g/mol. The van der Waals surface area contributed by atoms with E-state index >= 15 is 0 Å². The minimum atomic E-state index is -4.84. The van der Waals surface area contributed by atoms with E-state index < -0.39 is 22.1 Å². The molecule has 154 valence electrons. The van der Waals surface area contributed by atoms with Gasteiger partial charge in [-0.3, -0.25) is 0 Å². The first-order valence-electron chi connectivity index (χ1n) is 8.16. The molecule has 0 saturated heterocycles. The highest BCUT2D eigenvalue weighted by Gasteiger charge is 2.31. The highest BCUT2D eigenvalue weighted by Crippen LogP contribution is 2.23. The number of benzene rings is 1. The van der Waals surface area contributed by atoms with Crippen LogP contribution in [0.4, 0.5) is 19.0 Å². The van der Waals surface area contributed by atoms with Crippen LogP contribution < -0.4 is 14.8 Å². The van der Waals surface area contributed by atoms with Crippen molar-refractivity contribution in [1.82, 2.24) is 24.7 Å². The average Bonchev–Trinajstić information content (AvgIpc) is 3.20. The van der Waals surface area contributed by atoms with Gasteiger partial charge < -0.3 is 10.1 Å². The van der Waals surface area contributed by atoms with Crippen LogP contribution in [0.1, 0.15) is 0 Å². The van der Waals surface area contributed by atoms with Crippen molar-refractivity contribution in [2.24, 2.45) is 0 Å². The van der Waals surface area contributed by atoms with Gasteiger partial charge in [0.25, 0.3) is 0 Å². The molecule has 29 heavy (non-hydrogen) atoms. The first kappa shape index (κ1) is 20.5. The third kappa shape index (κ3) is 5.89. The quantitative estimate of drug-likeness (QED) is 0.528. The van der Waals surface area contributed by atoms with Crippen LogP contribution in [0, 0.1) is 0 Å². The molecule has 2 aromatic heterocycles. The fourth-order valence-electron chi connectivity index (χ4n) is 2.23. The smallest absolute Gasteiger partial charge is 0.406 e. The molecule has 9 nitrogen and oxygen atoms in total. The summed E-state index contributed by atoms with van der Waals surface area (Å²) in [6.45, 7) is 0.232. The standard InChI is InChI=1S/C16H15F3N6O3S/c17-16(18,19)28-12-2-4-13(5-3-12)29(26,27)22-10-9-20-14-6-7-15(24-23-14)25-11-1-8-21-25/h1-8,11,22H,9-10H2,(H,20,23). The third-order valence-electron chi connectivity index (χ3n) is 3.48. The summed E-state index contributed by atoms with van der Waals surface area (Å²) in [7, 11) is -3.89. The van der Waals surface area contributed by atoms with E-state index in [2.05, 4.69) is 30.1 Å².